The lowest BCUT2D eigenvalue weighted by atomic mass is 9.79. The molecule has 0 amide bonds. The zero-order valence-electron chi connectivity index (χ0n) is 11.2. The zero-order chi connectivity index (χ0) is 14.0. The molecule has 0 saturated carbocycles. The van der Waals surface area contributed by atoms with Crippen LogP contribution in [-0.4, -0.2) is 39.0 Å². The first-order valence-corrected chi connectivity index (χ1v) is 5.92. The maximum absolute atomic E-state index is 9.22. The van der Waals surface area contributed by atoms with E-state index in [9.17, 15) is 10.0 Å². The van der Waals surface area contributed by atoms with Crippen LogP contribution in [0.4, 0.5) is 0 Å². The van der Waals surface area contributed by atoms with Crippen LogP contribution < -0.4 is 10.2 Å². The van der Waals surface area contributed by atoms with E-state index in [4.69, 9.17) is 4.74 Å². The third kappa shape index (κ3) is 2.94. The number of benzene rings is 1. The fourth-order valence-corrected chi connectivity index (χ4v) is 1.96. The SMILES string of the molecule is COc1ccc(B(O)O)cc1Cn1nc(C)nc1C. The molecule has 2 N–H and O–H groups in total. The van der Waals surface area contributed by atoms with Crippen molar-refractivity contribution in [1.82, 2.24) is 14.8 Å². The van der Waals surface area contributed by atoms with Crippen LogP contribution in [0.15, 0.2) is 18.2 Å². The van der Waals surface area contributed by atoms with E-state index >= 15 is 0 Å². The molecule has 0 atom stereocenters. The first kappa shape index (κ1) is 13.6. The van der Waals surface area contributed by atoms with Crippen molar-refractivity contribution in [1.29, 1.82) is 0 Å². The normalized spacial score (nSPS) is 10.6. The third-order valence-electron chi connectivity index (χ3n) is 2.89. The highest BCUT2D eigenvalue weighted by Gasteiger charge is 2.15. The Morgan fingerprint density at radius 3 is 2.58 bits per heavy atom. The van der Waals surface area contributed by atoms with Crippen LogP contribution in [0.2, 0.25) is 0 Å². The summed E-state index contributed by atoms with van der Waals surface area (Å²) in [6, 6.07) is 5.02. The van der Waals surface area contributed by atoms with Crippen molar-refractivity contribution < 1.29 is 14.8 Å². The molecule has 1 heterocycles. The molecule has 0 unspecified atom stereocenters. The van der Waals surface area contributed by atoms with Gasteiger partial charge in [-0.1, -0.05) is 12.1 Å². The van der Waals surface area contributed by atoms with Crippen LogP contribution in [0.3, 0.4) is 0 Å². The van der Waals surface area contributed by atoms with E-state index in [1.54, 1.807) is 30.0 Å². The van der Waals surface area contributed by atoms with Crippen LogP contribution in [0.1, 0.15) is 17.2 Å². The van der Waals surface area contributed by atoms with Gasteiger partial charge in [-0.3, -0.25) is 0 Å². The van der Waals surface area contributed by atoms with Gasteiger partial charge >= 0.3 is 7.12 Å². The Morgan fingerprint density at radius 1 is 1.32 bits per heavy atom. The zero-order valence-corrected chi connectivity index (χ0v) is 11.2. The molecule has 6 nitrogen and oxygen atoms in total. The van der Waals surface area contributed by atoms with Crippen molar-refractivity contribution in [3.63, 3.8) is 0 Å². The van der Waals surface area contributed by atoms with Gasteiger partial charge in [-0.2, -0.15) is 5.10 Å². The van der Waals surface area contributed by atoms with Gasteiger partial charge in [0.15, 0.2) is 0 Å². The molecule has 0 radical (unpaired) electrons. The van der Waals surface area contributed by atoms with E-state index in [1.165, 1.54) is 0 Å². The van der Waals surface area contributed by atoms with E-state index in [0.717, 1.165) is 11.4 Å². The van der Waals surface area contributed by atoms with Crippen molar-refractivity contribution in [2.45, 2.75) is 20.4 Å². The van der Waals surface area contributed by atoms with Crippen LogP contribution in [-0.2, 0) is 6.54 Å². The molecule has 0 spiro atoms. The van der Waals surface area contributed by atoms with E-state index in [-0.39, 0.29) is 0 Å². The second-order valence-electron chi connectivity index (χ2n) is 4.31. The Bertz CT molecular complexity index is 584. The van der Waals surface area contributed by atoms with Gasteiger partial charge in [0, 0.05) is 5.56 Å². The van der Waals surface area contributed by atoms with Gasteiger partial charge in [0.2, 0.25) is 0 Å². The van der Waals surface area contributed by atoms with E-state index in [2.05, 4.69) is 10.1 Å². The minimum Gasteiger partial charge on any atom is -0.496 e. The van der Waals surface area contributed by atoms with Gasteiger partial charge < -0.3 is 14.8 Å². The molecular formula is C12H16BN3O3. The van der Waals surface area contributed by atoms with Crippen LogP contribution in [0, 0.1) is 13.8 Å². The van der Waals surface area contributed by atoms with Crippen molar-refractivity contribution in [2.24, 2.45) is 0 Å². The molecule has 2 rings (SSSR count). The summed E-state index contributed by atoms with van der Waals surface area (Å²) in [5.41, 5.74) is 1.24. The highest BCUT2D eigenvalue weighted by molar-refractivity contribution is 6.58. The Labute approximate surface area is 111 Å². The predicted molar refractivity (Wildman–Crippen MR) is 71.4 cm³/mol. The van der Waals surface area contributed by atoms with Crippen molar-refractivity contribution in [3.05, 3.63) is 35.4 Å². The lowest BCUT2D eigenvalue weighted by molar-refractivity contribution is 0.406. The number of hydrogen-bond donors (Lipinski definition) is 2. The topological polar surface area (TPSA) is 80.4 Å². The summed E-state index contributed by atoms with van der Waals surface area (Å²) in [7, 11) is 0.0797. The Hall–Kier alpha value is -1.86. The monoisotopic (exact) mass is 261 g/mol. The summed E-state index contributed by atoms with van der Waals surface area (Å²) in [6.07, 6.45) is 0. The van der Waals surface area contributed by atoms with Crippen molar-refractivity contribution in [2.75, 3.05) is 7.11 Å². The average molecular weight is 261 g/mol. The lowest BCUT2D eigenvalue weighted by Gasteiger charge is -2.11. The number of methoxy groups -OCH3 is 1. The van der Waals surface area contributed by atoms with E-state index in [1.807, 2.05) is 13.8 Å². The van der Waals surface area contributed by atoms with Gasteiger partial charge in [0.1, 0.15) is 17.4 Å². The average Bonchev–Trinajstić information content (AvgIpc) is 2.67. The molecule has 0 aliphatic carbocycles. The predicted octanol–water partition coefficient (Wildman–Crippen LogP) is -0.368. The third-order valence-corrected chi connectivity index (χ3v) is 2.89. The molecule has 0 aliphatic rings. The Kier molecular flexibility index (Phi) is 3.87. The quantitative estimate of drug-likeness (QED) is 0.734. The van der Waals surface area contributed by atoms with E-state index in [0.29, 0.717) is 23.6 Å². The van der Waals surface area contributed by atoms with Gasteiger partial charge in [-0.25, -0.2) is 9.67 Å². The minimum absolute atomic E-state index is 0.422. The van der Waals surface area contributed by atoms with Gasteiger partial charge in [-0.05, 0) is 25.4 Å². The number of hydrogen-bond acceptors (Lipinski definition) is 5. The summed E-state index contributed by atoms with van der Waals surface area (Å²) < 4.78 is 7.02. The summed E-state index contributed by atoms with van der Waals surface area (Å²) in [5, 5.41) is 22.7. The fourth-order valence-electron chi connectivity index (χ4n) is 1.96. The smallest absolute Gasteiger partial charge is 0.488 e. The summed E-state index contributed by atoms with van der Waals surface area (Å²) in [4.78, 5) is 4.23. The number of nitrogens with zero attached hydrogens (tertiary/aromatic N) is 3. The molecule has 0 aliphatic heterocycles. The minimum atomic E-state index is -1.50. The number of rotatable bonds is 4. The first-order valence-electron chi connectivity index (χ1n) is 5.92. The largest absolute Gasteiger partial charge is 0.496 e. The van der Waals surface area contributed by atoms with Crippen LogP contribution in [0.5, 0.6) is 5.75 Å². The molecule has 100 valence electrons. The fraction of sp³-hybridized carbons (Fsp3) is 0.333. The summed E-state index contributed by atoms with van der Waals surface area (Å²) in [5.74, 6) is 2.18. The molecule has 0 fully saturated rings. The molecule has 1 aromatic carbocycles. The standard InChI is InChI=1S/C12H16BN3O3/c1-8-14-9(2)16(15-8)7-10-6-11(13(17)18)4-5-12(10)19-3/h4-6,17-18H,7H2,1-3H3. The summed E-state index contributed by atoms with van der Waals surface area (Å²) >= 11 is 0. The molecular weight excluding hydrogens is 245 g/mol. The van der Waals surface area contributed by atoms with Crippen molar-refractivity contribution in [3.8, 4) is 5.75 Å². The molecule has 0 saturated heterocycles. The molecule has 19 heavy (non-hydrogen) atoms. The van der Waals surface area contributed by atoms with Gasteiger partial charge in [0.05, 0.1) is 13.7 Å². The lowest BCUT2D eigenvalue weighted by Crippen LogP contribution is -2.30. The van der Waals surface area contributed by atoms with E-state index < -0.39 is 7.12 Å². The second kappa shape index (κ2) is 5.42. The van der Waals surface area contributed by atoms with Gasteiger partial charge in [0.25, 0.3) is 0 Å². The second-order valence-corrected chi connectivity index (χ2v) is 4.31. The van der Waals surface area contributed by atoms with Crippen molar-refractivity contribution >= 4 is 12.6 Å². The molecule has 2 aromatic rings. The van der Waals surface area contributed by atoms with Gasteiger partial charge in [-0.15, -0.1) is 0 Å². The Morgan fingerprint density at radius 2 is 2.05 bits per heavy atom. The molecule has 0 bridgehead atoms. The highest BCUT2D eigenvalue weighted by Crippen LogP contribution is 2.18. The summed E-state index contributed by atoms with van der Waals surface area (Å²) in [6.45, 7) is 4.17. The van der Waals surface area contributed by atoms with Crippen LogP contribution in [0.25, 0.3) is 0 Å². The number of ether oxygens (including phenoxy) is 1. The number of aryl methyl sites for hydroxylation is 2. The molecule has 1 aromatic heterocycles. The maximum atomic E-state index is 9.22. The maximum Gasteiger partial charge on any atom is 0.488 e. The highest BCUT2D eigenvalue weighted by atomic mass is 16.5. The van der Waals surface area contributed by atoms with Crippen LogP contribution >= 0.6 is 0 Å². The number of aromatic nitrogens is 3. The Balaban J connectivity index is 2.37. The molecule has 7 heteroatoms. The first-order chi connectivity index (χ1) is 9.01.